The SMILES string of the molecule is O=C(N1N=CCC1c1cc(F)cc(F)c1)n1ccnc1. The molecule has 0 aliphatic carbocycles. The van der Waals surface area contributed by atoms with Crippen molar-refractivity contribution < 1.29 is 13.6 Å². The Labute approximate surface area is 113 Å². The van der Waals surface area contributed by atoms with Crippen LogP contribution in [-0.2, 0) is 0 Å². The lowest BCUT2D eigenvalue weighted by molar-refractivity contribution is 0.187. The van der Waals surface area contributed by atoms with Crippen LogP contribution in [0.1, 0.15) is 18.0 Å². The van der Waals surface area contributed by atoms with Crippen LogP contribution in [0, 0.1) is 11.6 Å². The molecule has 1 aliphatic heterocycles. The normalized spacial score (nSPS) is 17.7. The molecule has 0 saturated heterocycles. The maximum atomic E-state index is 13.3. The van der Waals surface area contributed by atoms with Crippen molar-refractivity contribution in [3.63, 3.8) is 0 Å². The molecule has 1 amide bonds. The van der Waals surface area contributed by atoms with Crippen molar-refractivity contribution in [1.29, 1.82) is 0 Å². The van der Waals surface area contributed by atoms with Crippen LogP contribution in [0.4, 0.5) is 13.6 Å². The van der Waals surface area contributed by atoms with Crippen molar-refractivity contribution in [3.05, 3.63) is 54.1 Å². The van der Waals surface area contributed by atoms with Crippen molar-refractivity contribution in [2.75, 3.05) is 0 Å². The first-order valence-corrected chi connectivity index (χ1v) is 5.95. The summed E-state index contributed by atoms with van der Waals surface area (Å²) in [5.41, 5.74) is 0.369. The van der Waals surface area contributed by atoms with Crippen LogP contribution in [0.3, 0.4) is 0 Å². The first-order chi connectivity index (χ1) is 9.65. The lowest BCUT2D eigenvalue weighted by atomic mass is 10.0. The molecule has 1 unspecified atom stereocenters. The molecule has 1 atom stereocenters. The number of benzene rings is 1. The predicted molar refractivity (Wildman–Crippen MR) is 67.1 cm³/mol. The highest BCUT2D eigenvalue weighted by molar-refractivity contribution is 5.80. The maximum Gasteiger partial charge on any atom is 0.350 e. The molecule has 2 heterocycles. The van der Waals surface area contributed by atoms with Crippen LogP contribution in [-0.4, -0.2) is 26.8 Å². The number of hydrazone groups is 1. The first kappa shape index (κ1) is 12.5. The van der Waals surface area contributed by atoms with Crippen molar-refractivity contribution in [2.24, 2.45) is 5.10 Å². The summed E-state index contributed by atoms with van der Waals surface area (Å²) in [4.78, 5) is 16.0. The fourth-order valence-electron chi connectivity index (χ4n) is 2.13. The summed E-state index contributed by atoms with van der Waals surface area (Å²) in [5, 5.41) is 5.16. The molecule has 20 heavy (non-hydrogen) atoms. The average Bonchev–Trinajstić information content (AvgIpc) is 3.08. The number of hydrogen-bond donors (Lipinski definition) is 0. The van der Waals surface area contributed by atoms with E-state index in [-0.39, 0.29) is 0 Å². The second-order valence-corrected chi connectivity index (χ2v) is 4.35. The molecule has 0 N–H and O–H groups in total. The third kappa shape index (κ3) is 2.18. The van der Waals surface area contributed by atoms with E-state index in [1.807, 2.05) is 0 Å². The summed E-state index contributed by atoms with van der Waals surface area (Å²) < 4.78 is 27.8. The van der Waals surface area contributed by atoms with Gasteiger partial charge in [0.1, 0.15) is 18.0 Å². The van der Waals surface area contributed by atoms with E-state index < -0.39 is 23.7 Å². The Kier molecular flexibility index (Phi) is 3.02. The number of imidazole rings is 1. The fraction of sp³-hybridized carbons (Fsp3) is 0.154. The largest absolute Gasteiger partial charge is 0.350 e. The van der Waals surface area contributed by atoms with Crippen LogP contribution in [0.2, 0.25) is 0 Å². The van der Waals surface area contributed by atoms with Gasteiger partial charge in [-0.3, -0.25) is 4.57 Å². The van der Waals surface area contributed by atoms with E-state index in [0.717, 1.165) is 6.07 Å². The molecule has 5 nitrogen and oxygen atoms in total. The molecule has 0 saturated carbocycles. The molecule has 3 rings (SSSR count). The Hall–Kier alpha value is -2.57. The van der Waals surface area contributed by atoms with Gasteiger partial charge >= 0.3 is 6.03 Å². The Bertz CT molecular complexity index is 649. The van der Waals surface area contributed by atoms with Gasteiger partial charge in [-0.1, -0.05) is 0 Å². The van der Waals surface area contributed by atoms with Crippen molar-refractivity contribution in [3.8, 4) is 0 Å². The van der Waals surface area contributed by atoms with E-state index >= 15 is 0 Å². The number of halogens is 2. The van der Waals surface area contributed by atoms with E-state index in [1.165, 1.54) is 40.4 Å². The molecular weight excluding hydrogens is 266 g/mol. The smallest absolute Gasteiger partial charge is 0.257 e. The highest BCUT2D eigenvalue weighted by atomic mass is 19.1. The fourth-order valence-corrected chi connectivity index (χ4v) is 2.13. The maximum absolute atomic E-state index is 13.3. The Morgan fingerprint density at radius 2 is 2.00 bits per heavy atom. The van der Waals surface area contributed by atoms with E-state index in [2.05, 4.69) is 10.1 Å². The van der Waals surface area contributed by atoms with E-state index in [4.69, 9.17) is 0 Å². The zero-order valence-electron chi connectivity index (χ0n) is 10.3. The highest BCUT2D eigenvalue weighted by Crippen LogP contribution is 2.29. The summed E-state index contributed by atoms with van der Waals surface area (Å²) in [6, 6.07) is 2.26. The number of carbonyl (C=O) groups is 1. The number of amides is 1. The van der Waals surface area contributed by atoms with Gasteiger partial charge in [-0.15, -0.1) is 0 Å². The summed E-state index contributed by atoms with van der Waals surface area (Å²) in [5.74, 6) is -1.36. The molecule has 2 aromatic rings. The molecule has 1 aromatic carbocycles. The minimum Gasteiger partial charge on any atom is -0.257 e. The van der Waals surface area contributed by atoms with E-state index in [1.54, 1.807) is 6.21 Å². The first-order valence-electron chi connectivity index (χ1n) is 5.95. The highest BCUT2D eigenvalue weighted by Gasteiger charge is 2.29. The molecule has 0 spiro atoms. The summed E-state index contributed by atoms with van der Waals surface area (Å²) >= 11 is 0. The standard InChI is InChI=1S/C13H10F2N4O/c14-10-5-9(6-11(15)7-10)12-1-2-17-19(12)13(20)18-4-3-16-8-18/h2-8,12H,1H2. The minimum atomic E-state index is -0.679. The monoisotopic (exact) mass is 276 g/mol. The summed E-state index contributed by atoms with van der Waals surface area (Å²) in [6.45, 7) is 0. The van der Waals surface area contributed by atoms with Crippen LogP contribution >= 0.6 is 0 Å². The molecule has 1 aromatic heterocycles. The van der Waals surface area contributed by atoms with Gasteiger partial charge in [0.25, 0.3) is 0 Å². The third-order valence-electron chi connectivity index (χ3n) is 3.02. The number of aromatic nitrogens is 2. The van der Waals surface area contributed by atoms with Crippen LogP contribution in [0.5, 0.6) is 0 Å². The topological polar surface area (TPSA) is 50.5 Å². The quantitative estimate of drug-likeness (QED) is 0.803. The molecule has 1 aliphatic rings. The van der Waals surface area contributed by atoms with Crippen LogP contribution in [0.15, 0.2) is 42.0 Å². The second kappa shape index (κ2) is 4.84. The zero-order chi connectivity index (χ0) is 14.1. The second-order valence-electron chi connectivity index (χ2n) is 4.35. The molecular formula is C13H10F2N4O. The van der Waals surface area contributed by atoms with Gasteiger partial charge in [0.05, 0.1) is 6.04 Å². The predicted octanol–water partition coefficient (Wildman–Crippen LogP) is 2.56. The van der Waals surface area contributed by atoms with Crippen molar-refractivity contribution in [2.45, 2.75) is 12.5 Å². The Balaban J connectivity index is 1.92. The van der Waals surface area contributed by atoms with E-state index in [9.17, 15) is 13.6 Å². The molecule has 7 heteroatoms. The van der Waals surface area contributed by atoms with Gasteiger partial charge < -0.3 is 0 Å². The molecule has 102 valence electrons. The average molecular weight is 276 g/mol. The zero-order valence-corrected chi connectivity index (χ0v) is 10.3. The number of hydrogen-bond acceptors (Lipinski definition) is 3. The Morgan fingerprint density at radius 3 is 2.65 bits per heavy atom. The van der Waals surface area contributed by atoms with Crippen LogP contribution < -0.4 is 0 Å². The number of nitrogens with zero attached hydrogens (tertiary/aromatic N) is 4. The third-order valence-corrected chi connectivity index (χ3v) is 3.02. The van der Waals surface area contributed by atoms with Gasteiger partial charge in [-0.25, -0.2) is 23.6 Å². The Morgan fingerprint density at radius 1 is 1.25 bits per heavy atom. The number of rotatable bonds is 1. The van der Waals surface area contributed by atoms with Gasteiger partial charge in [0.15, 0.2) is 0 Å². The molecule has 0 bridgehead atoms. The summed E-state index contributed by atoms with van der Waals surface area (Å²) in [7, 11) is 0. The van der Waals surface area contributed by atoms with E-state index in [0.29, 0.717) is 12.0 Å². The van der Waals surface area contributed by atoms with Gasteiger partial charge in [-0.05, 0) is 17.7 Å². The van der Waals surface area contributed by atoms with Gasteiger partial charge in [-0.2, -0.15) is 5.10 Å². The van der Waals surface area contributed by atoms with Gasteiger partial charge in [0.2, 0.25) is 0 Å². The number of carbonyl (C=O) groups excluding carboxylic acids is 1. The molecule has 0 fully saturated rings. The van der Waals surface area contributed by atoms with Crippen molar-refractivity contribution in [1.82, 2.24) is 14.6 Å². The van der Waals surface area contributed by atoms with Crippen LogP contribution in [0.25, 0.3) is 0 Å². The summed E-state index contributed by atoms with van der Waals surface area (Å²) in [6.07, 6.45) is 6.25. The van der Waals surface area contributed by atoms with Gasteiger partial charge in [0, 0.05) is 31.1 Å². The lowest BCUT2D eigenvalue weighted by Gasteiger charge is -2.22. The van der Waals surface area contributed by atoms with Crippen molar-refractivity contribution >= 4 is 12.2 Å². The molecule has 0 radical (unpaired) electrons. The lowest BCUT2D eigenvalue weighted by Crippen LogP contribution is -2.30. The minimum absolute atomic E-state index is 0.369.